The lowest BCUT2D eigenvalue weighted by Gasteiger charge is -2.47. The number of oxime groups is 1. The van der Waals surface area contributed by atoms with E-state index in [1.807, 2.05) is 0 Å². The molecule has 3 atom stereocenters. The molecule has 1 aromatic rings. The average Bonchev–Trinajstić information content (AvgIpc) is 2.74. The molecular formula is C23H24N4O7. The first kappa shape index (κ1) is 22.0. The summed E-state index contributed by atoms with van der Waals surface area (Å²) in [5, 5.41) is 56.1. The van der Waals surface area contributed by atoms with Crippen LogP contribution in [0.4, 0.5) is 5.69 Å². The van der Waals surface area contributed by atoms with Gasteiger partial charge in [0.2, 0.25) is 5.78 Å². The van der Waals surface area contributed by atoms with Crippen molar-refractivity contribution in [2.75, 3.05) is 25.1 Å². The second-order valence-electron chi connectivity index (χ2n) is 8.97. The Hall–Kier alpha value is -3.86. The summed E-state index contributed by atoms with van der Waals surface area (Å²) in [7, 11) is 1.20. The van der Waals surface area contributed by atoms with Crippen LogP contribution in [0.2, 0.25) is 0 Å². The van der Waals surface area contributed by atoms with E-state index in [2.05, 4.69) is 10.1 Å². The van der Waals surface area contributed by atoms with E-state index in [1.54, 1.807) is 6.07 Å². The number of primary amides is 1. The fraction of sp³-hybridized carbons (Fsp3) is 0.391. The van der Waals surface area contributed by atoms with E-state index in [9.17, 15) is 30.0 Å². The third-order valence-corrected chi connectivity index (χ3v) is 7.31. The number of hydrogen-bond donors (Lipinski definition) is 6. The number of nitrogens with two attached hydrogens (primary N) is 1. The molecule has 1 aliphatic heterocycles. The molecule has 1 saturated carbocycles. The molecule has 0 radical (unpaired) electrons. The minimum atomic E-state index is -2.62. The number of phenols is 1. The highest BCUT2D eigenvalue weighted by Gasteiger charge is 2.62. The van der Waals surface area contributed by atoms with Crippen molar-refractivity contribution in [2.45, 2.75) is 24.9 Å². The summed E-state index contributed by atoms with van der Waals surface area (Å²) in [5.74, 6) is -5.47. The number of carbonyl (C=O) groups is 2. The van der Waals surface area contributed by atoms with E-state index in [0.717, 1.165) is 25.2 Å². The number of hydrogen-bond acceptors (Lipinski definition) is 10. The number of allylic oxidation sites excluding steroid dienone is 1. The van der Waals surface area contributed by atoms with Gasteiger partial charge in [0, 0.05) is 24.4 Å². The van der Waals surface area contributed by atoms with E-state index in [4.69, 9.17) is 16.0 Å². The van der Waals surface area contributed by atoms with Crippen LogP contribution in [0, 0.1) is 17.2 Å². The maximum atomic E-state index is 13.7. The molecule has 0 aromatic heterocycles. The van der Waals surface area contributed by atoms with Gasteiger partial charge in [0.05, 0.1) is 17.2 Å². The topological polar surface area (TPSA) is 190 Å². The summed E-state index contributed by atoms with van der Waals surface area (Å²) in [6.07, 6.45) is 1.30. The van der Waals surface area contributed by atoms with Gasteiger partial charge in [0.15, 0.2) is 11.4 Å². The number of anilines is 1. The van der Waals surface area contributed by atoms with Crippen LogP contribution in [0.25, 0.3) is 5.76 Å². The Morgan fingerprint density at radius 3 is 2.56 bits per heavy atom. The van der Waals surface area contributed by atoms with Crippen molar-refractivity contribution in [1.82, 2.24) is 0 Å². The predicted molar refractivity (Wildman–Crippen MR) is 121 cm³/mol. The summed E-state index contributed by atoms with van der Waals surface area (Å²) < 4.78 is 0. The minimum Gasteiger partial charge on any atom is -0.507 e. The number of ketones is 1. The molecule has 0 spiro atoms. The summed E-state index contributed by atoms with van der Waals surface area (Å²) in [5.41, 5.74) is 2.32. The molecule has 34 heavy (non-hydrogen) atoms. The number of Topliss-reactive ketones (excluding diaryl/α,β-unsaturated/α-hetero) is 1. The Balaban J connectivity index is 1.71. The number of phenolic OH excluding ortho intramolecular Hbond substituents is 1. The number of aliphatic hydroxyl groups excluding tert-OH is 2. The quantitative estimate of drug-likeness (QED) is 0.349. The molecule has 7 N–H and O–H groups in total. The number of rotatable bonds is 3. The smallest absolute Gasteiger partial charge is 0.254 e. The summed E-state index contributed by atoms with van der Waals surface area (Å²) >= 11 is 0. The van der Waals surface area contributed by atoms with Crippen molar-refractivity contribution in [1.29, 1.82) is 5.41 Å². The number of aliphatic hydroxyl groups is 3. The maximum absolute atomic E-state index is 13.7. The Labute approximate surface area is 193 Å². The summed E-state index contributed by atoms with van der Waals surface area (Å²) in [6.45, 7) is 1.66. The van der Waals surface area contributed by atoms with Crippen LogP contribution in [0.3, 0.4) is 0 Å². The zero-order chi connectivity index (χ0) is 24.5. The van der Waals surface area contributed by atoms with Gasteiger partial charge in [-0.3, -0.25) is 9.59 Å². The zero-order valence-electron chi connectivity index (χ0n) is 18.3. The monoisotopic (exact) mass is 468 g/mol. The van der Waals surface area contributed by atoms with Gasteiger partial charge in [-0.05, 0) is 42.9 Å². The molecule has 1 heterocycles. The first-order chi connectivity index (χ1) is 16.1. The second-order valence-corrected chi connectivity index (χ2v) is 8.97. The molecule has 11 heteroatoms. The van der Waals surface area contributed by atoms with Gasteiger partial charge in [-0.25, -0.2) is 0 Å². The lowest BCUT2D eigenvalue weighted by molar-refractivity contribution is -0.133. The van der Waals surface area contributed by atoms with E-state index in [-0.39, 0.29) is 35.4 Å². The van der Waals surface area contributed by atoms with Gasteiger partial charge < -0.3 is 41.3 Å². The largest absolute Gasteiger partial charge is 0.507 e. The molecule has 4 aliphatic rings. The Kier molecular flexibility index (Phi) is 4.73. The van der Waals surface area contributed by atoms with Gasteiger partial charge in [-0.2, -0.15) is 0 Å². The molecule has 1 amide bonds. The standard InChI is InChI=1S/C23H24N4O7/c1-34-26-17-11-8-9-7-10-12(27-5-2-6-27)3-4-13(28)15(10)18(29)14(9)21(31)23(11,33)20(24)16(19(17)30)22(25)32/h3-4,9,11,24,28-30,33H,2,5-8H2,1H3,(H2,25,32)/b24-20?,26-17-/t9-,11-,23+/m0/s1. The van der Waals surface area contributed by atoms with Gasteiger partial charge in [-0.1, -0.05) is 5.16 Å². The number of carbonyl (C=O) groups excluding carboxylic acids is 2. The predicted octanol–water partition coefficient (Wildman–Crippen LogP) is 0.697. The lowest BCUT2D eigenvalue weighted by atomic mass is 9.57. The molecule has 1 saturated heterocycles. The molecular weight excluding hydrogens is 444 g/mol. The van der Waals surface area contributed by atoms with Crippen molar-refractivity contribution in [3.8, 4) is 5.75 Å². The van der Waals surface area contributed by atoms with Gasteiger partial charge in [0.25, 0.3) is 5.91 Å². The highest BCUT2D eigenvalue weighted by Crippen LogP contribution is 2.52. The second kappa shape index (κ2) is 7.32. The van der Waals surface area contributed by atoms with Crippen molar-refractivity contribution in [3.63, 3.8) is 0 Å². The fourth-order valence-electron chi connectivity index (χ4n) is 5.58. The highest BCUT2D eigenvalue weighted by molar-refractivity contribution is 6.39. The van der Waals surface area contributed by atoms with Gasteiger partial charge >= 0.3 is 0 Å². The summed E-state index contributed by atoms with van der Waals surface area (Å²) in [4.78, 5) is 32.6. The first-order valence-corrected chi connectivity index (χ1v) is 10.9. The summed E-state index contributed by atoms with van der Waals surface area (Å²) in [6, 6.07) is 3.22. The van der Waals surface area contributed by atoms with Crippen molar-refractivity contribution in [3.05, 3.63) is 40.2 Å². The van der Waals surface area contributed by atoms with Crippen LogP contribution in [0.1, 0.15) is 24.0 Å². The van der Waals surface area contributed by atoms with E-state index in [0.29, 0.717) is 5.56 Å². The number of aromatic hydroxyl groups is 1. The van der Waals surface area contributed by atoms with E-state index >= 15 is 0 Å². The first-order valence-electron chi connectivity index (χ1n) is 10.9. The number of fused-ring (bicyclic) bond motifs is 3. The van der Waals surface area contributed by atoms with Crippen LogP contribution in [-0.4, -0.2) is 69.3 Å². The molecule has 2 fully saturated rings. The van der Waals surface area contributed by atoms with Crippen molar-refractivity contribution >= 4 is 34.6 Å². The molecule has 3 aliphatic carbocycles. The maximum Gasteiger partial charge on any atom is 0.254 e. The number of benzene rings is 1. The van der Waals surface area contributed by atoms with Crippen LogP contribution >= 0.6 is 0 Å². The van der Waals surface area contributed by atoms with E-state index in [1.165, 1.54) is 13.2 Å². The number of amides is 1. The lowest BCUT2D eigenvalue weighted by Crippen LogP contribution is -2.64. The highest BCUT2D eigenvalue weighted by atomic mass is 16.6. The van der Waals surface area contributed by atoms with Crippen LogP contribution in [0.5, 0.6) is 5.75 Å². The normalized spacial score (nSPS) is 29.5. The molecule has 0 unspecified atom stereocenters. The Morgan fingerprint density at radius 1 is 1.26 bits per heavy atom. The molecule has 1 aromatic carbocycles. The number of nitrogens with zero attached hydrogens (tertiary/aromatic N) is 2. The fourth-order valence-corrected chi connectivity index (χ4v) is 5.58. The molecule has 5 rings (SSSR count). The SMILES string of the molecule is CO/N=C1\C(O)=C(C(N)=O)C(=N)[C@@]2(O)C(=O)C3=C(O)c4c(O)ccc(N5CCC5)c4C[C@H]3C[C@@H]12. The Bertz CT molecular complexity index is 1260. The van der Waals surface area contributed by atoms with Crippen LogP contribution < -0.4 is 10.6 Å². The van der Waals surface area contributed by atoms with Gasteiger partial charge in [-0.15, -0.1) is 0 Å². The van der Waals surface area contributed by atoms with E-state index < -0.39 is 51.9 Å². The van der Waals surface area contributed by atoms with Crippen LogP contribution in [-0.2, 0) is 20.8 Å². The van der Waals surface area contributed by atoms with Crippen LogP contribution in [0.15, 0.2) is 34.2 Å². The van der Waals surface area contributed by atoms with Crippen molar-refractivity contribution < 1.29 is 34.9 Å². The molecule has 11 nitrogen and oxygen atoms in total. The Morgan fingerprint density at radius 2 is 1.97 bits per heavy atom. The third-order valence-electron chi connectivity index (χ3n) is 7.31. The zero-order valence-corrected chi connectivity index (χ0v) is 18.3. The molecule has 0 bridgehead atoms. The van der Waals surface area contributed by atoms with Gasteiger partial charge in [0.1, 0.15) is 29.9 Å². The number of nitrogens with one attached hydrogen (secondary N) is 1. The molecule has 178 valence electrons. The average molecular weight is 468 g/mol. The third kappa shape index (κ3) is 2.67. The van der Waals surface area contributed by atoms with Crippen molar-refractivity contribution in [2.24, 2.45) is 22.7 Å². The minimum absolute atomic E-state index is 0.0108.